The van der Waals surface area contributed by atoms with Crippen molar-refractivity contribution >= 4 is 12.6 Å². The van der Waals surface area contributed by atoms with E-state index in [0.29, 0.717) is 16.2 Å². The van der Waals surface area contributed by atoms with Gasteiger partial charge in [-0.3, -0.25) is 4.98 Å². The first-order chi connectivity index (χ1) is 7.16. The van der Waals surface area contributed by atoms with Gasteiger partial charge in [0.05, 0.1) is 11.9 Å². The highest BCUT2D eigenvalue weighted by Crippen LogP contribution is 2.22. The minimum atomic E-state index is -0.384. The predicted molar refractivity (Wildman–Crippen MR) is 58.5 cm³/mol. The molecule has 2 aromatic rings. The topological polar surface area (TPSA) is 33.1 Å². The van der Waals surface area contributed by atoms with E-state index in [1.807, 2.05) is 0 Å². The molecule has 0 saturated carbocycles. The molecule has 15 heavy (non-hydrogen) atoms. The van der Waals surface area contributed by atoms with Crippen molar-refractivity contribution in [2.45, 2.75) is 4.90 Å². The number of halogens is 1. The van der Waals surface area contributed by atoms with Gasteiger partial charge in [0.1, 0.15) is 11.6 Å². The van der Waals surface area contributed by atoms with E-state index in [1.54, 1.807) is 18.2 Å². The smallest absolute Gasteiger partial charge is 0.137 e. The molecule has 2 rings (SSSR count). The van der Waals surface area contributed by atoms with Crippen molar-refractivity contribution in [2.75, 3.05) is 0 Å². The number of nitrogens with zero attached hydrogens (tertiary/aromatic N) is 1. The summed E-state index contributed by atoms with van der Waals surface area (Å²) in [6.07, 6.45) is 1.32. The van der Waals surface area contributed by atoms with Gasteiger partial charge in [-0.05, 0) is 24.3 Å². The average molecular weight is 221 g/mol. The maximum Gasteiger partial charge on any atom is 0.137 e. The van der Waals surface area contributed by atoms with Gasteiger partial charge in [0, 0.05) is 10.5 Å². The van der Waals surface area contributed by atoms with Crippen LogP contribution < -0.4 is 0 Å². The molecule has 0 aliphatic carbocycles. The van der Waals surface area contributed by atoms with E-state index in [1.165, 1.54) is 18.3 Å². The molecule has 0 unspecified atom stereocenters. The molecule has 1 aromatic carbocycles. The van der Waals surface area contributed by atoms with Crippen LogP contribution in [0, 0.1) is 5.82 Å². The Balaban J connectivity index is 2.45. The van der Waals surface area contributed by atoms with Gasteiger partial charge in [0.15, 0.2) is 0 Å². The van der Waals surface area contributed by atoms with Crippen molar-refractivity contribution in [3.63, 3.8) is 0 Å². The monoisotopic (exact) mass is 221 g/mol. The molecule has 0 aliphatic heterocycles. The molecule has 0 spiro atoms. The summed E-state index contributed by atoms with van der Waals surface area (Å²) < 4.78 is 13.2. The minimum absolute atomic E-state index is 0.0880. The van der Waals surface area contributed by atoms with Crippen molar-refractivity contribution in [2.24, 2.45) is 0 Å². The number of rotatable bonds is 1. The Kier molecular flexibility index (Phi) is 2.60. The molecule has 1 N–H and O–H groups in total. The summed E-state index contributed by atoms with van der Waals surface area (Å²) in [6, 6.07) is 7.80. The van der Waals surface area contributed by atoms with Crippen LogP contribution in [0.25, 0.3) is 11.3 Å². The highest BCUT2D eigenvalue weighted by Gasteiger charge is 2.03. The summed E-state index contributed by atoms with van der Waals surface area (Å²) in [4.78, 5) is 4.28. The normalized spacial score (nSPS) is 10.3. The van der Waals surface area contributed by atoms with Crippen molar-refractivity contribution in [3.05, 3.63) is 42.3 Å². The summed E-state index contributed by atoms with van der Waals surface area (Å²) in [5.74, 6) is -0.296. The lowest BCUT2D eigenvalue weighted by Gasteiger charge is -2.02. The lowest BCUT2D eigenvalue weighted by molar-refractivity contribution is 0.473. The van der Waals surface area contributed by atoms with Crippen LogP contribution in [0.2, 0.25) is 0 Å². The Labute approximate surface area is 91.8 Å². The zero-order valence-electron chi connectivity index (χ0n) is 7.68. The van der Waals surface area contributed by atoms with E-state index in [9.17, 15) is 4.39 Å². The third-order valence-corrected chi connectivity index (χ3v) is 2.35. The number of pyridine rings is 1. The number of thiol groups is 1. The van der Waals surface area contributed by atoms with Crippen LogP contribution in [-0.4, -0.2) is 10.1 Å². The molecular weight excluding hydrogens is 213 g/mol. The fourth-order valence-corrected chi connectivity index (χ4v) is 1.36. The summed E-state index contributed by atoms with van der Waals surface area (Å²) in [7, 11) is 0. The molecule has 4 heteroatoms. The van der Waals surface area contributed by atoms with Crippen molar-refractivity contribution in [1.82, 2.24) is 4.98 Å². The molecule has 0 amide bonds. The van der Waals surface area contributed by atoms with Crippen LogP contribution in [0.15, 0.2) is 41.4 Å². The Morgan fingerprint density at radius 3 is 2.60 bits per heavy atom. The average Bonchev–Trinajstić information content (AvgIpc) is 2.23. The number of hydrogen-bond donors (Lipinski definition) is 2. The second-order valence-corrected chi connectivity index (χ2v) is 3.55. The second-order valence-electron chi connectivity index (χ2n) is 3.07. The molecule has 1 heterocycles. The summed E-state index contributed by atoms with van der Waals surface area (Å²) in [6.45, 7) is 0. The Morgan fingerprint density at radius 2 is 2.00 bits per heavy atom. The molecule has 0 atom stereocenters. The number of benzene rings is 1. The Hall–Kier alpha value is -1.55. The van der Waals surface area contributed by atoms with E-state index >= 15 is 0 Å². The predicted octanol–water partition coefficient (Wildman–Crippen LogP) is 2.88. The standard InChI is InChI=1S/C11H8FNOS/c12-9-5-7(1-4-11(9)15)10-3-2-8(14)6-13-10/h1-6,14-15H. The van der Waals surface area contributed by atoms with Crippen LogP contribution in [0.1, 0.15) is 0 Å². The van der Waals surface area contributed by atoms with Crippen LogP contribution in [0.5, 0.6) is 5.75 Å². The van der Waals surface area contributed by atoms with E-state index in [4.69, 9.17) is 5.11 Å². The highest BCUT2D eigenvalue weighted by atomic mass is 32.1. The number of hydrogen-bond acceptors (Lipinski definition) is 3. The van der Waals surface area contributed by atoms with Crippen LogP contribution in [-0.2, 0) is 0 Å². The van der Waals surface area contributed by atoms with Crippen LogP contribution in [0.3, 0.4) is 0 Å². The van der Waals surface area contributed by atoms with Gasteiger partial charge in [-0.1, -0.05) is 6.07 Å². The van der Waals surface area contributed by atoms with Crippen molar-refractivity contribution in [3.8, 4) is 17.0 Å². The van der Waals surface area contributed by atoms with Gasteiger partial charge in [-0.2, -0.15) is 0 Å². The third kappa shape index (κ3) is 2.10. The molecule has 0 fully saturated rings. The first-order valence-electron chi connectivity index (χ1n) is 4.31. The SMILES string of the molecule is Oc1ccc(-c2ccc(S)c(F)c2)nc1. The molecule has 1 aromatic heterocycles. The number of aromatic hydroxyl groups is 1. The van der Waals surface area contributed by atoms with Crippen molar-refractivity contribution in [1.29, 1.82) is 0 Å². The molecular formula is C11H8FNOS. The fourth-order valence-electron chi connectivity index (χ4n) is 1.22. The minimum Gasteiger partial charge on any atom is -0.506 e. The fraction of sp³-hybridized carbons (Fsp3) is 0. The van der Waals surface area contributed by atoms with Gasteiger partial charge >= 0.3 is 0 Å². The Bertz CT molecular complexity index is 484. The van der Waals surface area contributed by atoms with E-state index in [0.717, 1.165) is 0 Å². The highest BCUT2D eigenvalue weighted by molar-refractivity contribution is 7.80. The second kappa shape index (κ2) is 3.90. The van der Waals surface area contributed by atoms with Crippen LogP contribution >= 0.6 is 12.6 Å². The molecule has 76 valence electrons. The third-order valence-electron chi connectivity index (χ3n) is 1.99. The molecule has 0 aliphatic rings. The molecule has 0 saturated heterocycles. The van der Waals surface area contributed by atoms with Gasteiger partial charge < -0.3 is 5.11 Å². The van der Waals surface area contributed by atoms with Crippen LogP contribution in [0.4, 0.5) is 4.39 Å². The summed E-state index contributed by atoms with van der Waals surface area (Å²) in [5, 5.41) is 9.05. The molecule has 0 bridgehead atoms. The zero-order valence-corrected chi connectivity index (χ0v) is 8.58. The van der Waals surface area contributed by atoms with E-state index in [-0.39, 0.29) is 11.6 Å². The lowest BCUT2D eigenvalue weighted by Crippen LogP contribution is -1.85. The van der Waals surface area contributed by atoms with Gasteiger partial charge in [0.2, 0.25) is 0 Å². The maximum absolute atomic E-state index is 13.2. The van der Waals surface area contributed by atoms with E-state index in [2.05, 4.69) is 17.6 Å². The first kappa shape index (κ1) is 9.98. The summed E-state index contributed by atoms with van der Waals surface area (Å²) in [5.41, 5.74) is 1.27. The van der Waals surface area contributed by atoms with Gasteiger partial charge in [-0.25, -0.2) is 4.39 Å². The van der Waals surface area contributed by atoms with Gasteiger partial charge in [-0.15, -0.1) is 12.6 Å². The molecule has 0 radical (unpaired) electrons. The number of aromatic nitrogens is 1. The largest absolute Gasteiger partial charge is 0.506 e. The lowest BCUT2D eigenvalue weighted by atomic mass is 10.1. The maximum atomic E-state index is 13.2. The van der Waals surface area contributed by atoms with E-state index < -0.39 is 0 Å². The quantitative estimate of drug-likeness (QED) is 0.726. The van der Waals surface area contributed by atoms with Crippen molar-refractivity contribution < 1.29 is 9.50 Å². The first-order valence-corrected chi connectivity index (χ1v) is 4.75. The Morgan fingerprint density at radius 1 is 1.20 bits per heavy atom. The molecule has 2 nitrogen and oxygen atoms in total. The zero-order chi connectivity index (χ0) is 10.8. The van der Waals surface area contributed by atoms with Gasteiger partial charge in [0.25, 0.3) is 0 Å². The summed E-state index contributed by atoms with van der Waals surface area (Å²) >= 11 is 3.94.